The van der Waals surface area contributed by atoms with Gasteiger partial charge in [0, 0.05) is 11.5 Å². The van der Waals surface area contributed by atoms with Crippen LogP contribution in [0.1, 0.15) is 36.8 Å². The molecule has 2 aliphatic carbocycles. The van der Waals surface area contributed by atoms with Crippen molar-refractivity contribution in [2.75, 3.05) is 7.11 Å². The van der Waals surface area contributed by atoms with Gasteiger partial charge in [-0.25, -0.2) is 4.39 Å². The predicted octanol–water partition coefficient (Wildman–Crippen LogP) is 4.94. The second-order valence-corrected chi connectivity index (χ2v) is 6.63. The van der Waals surface area contributed by atoms with Gasteiger partial charge in [0.15, 0.2) is 0 Å². The van der Waals surface area contributed by atoms with Crippen molar-refractivity contribution >= 4 is 0 Å². The summed E-state index contributed by atoms with van der Waals surface area (Å²) >= 11 is 0. The number of halogens is 1. The number of hydrogen-bond acceptors (Lipinski definition) is 1. The van der Waals surface area contributed by atoms with Gasteiger partial charge in [-0.1, -0.05) is 36.4 Å². The largest absolute Gasteiger partial charge is 0.497 e. The van der Waals surface area contributed by atoms with Crippen LogP contribution < -0.4 is 4.74 Å². The number of hydrogen-bond donors (Lipinski definition) is 0. The number of rotatable bonds is 3. The Balaban J connectivity index is 1.93. The van der Waals surface area contributed by atoms with E-state index in [1.807, 2.05) is 18.2 Å². The van der Waals surface area contributed by atoms with Gasteiger partial charge < -0.3 is 4.74 Å². The molecule has 0 radical (unpaired) electrons. The molecule has 0 aromatic heterocycles. The molecule has 2 aromatic rings. The summed E-state index contributed by atoms with van der Waals surface area (Å²) < 4.78 is 20.1. The van der Waals surface area contributed by atoms with Gasteiger partial charge in [0.25, 0.3) is 0 Å². The summed E-state index contributed by atoms with van der Waals surface area (Å²) in [6, 6.07) is 16.0. The van der Waals surface area contributed by atoms with Crippen molar-refractivity contribution in [3.63, 3.8) is 0 Å². The Morgan fingerprint density at radius 1 is 0.955 bits per heavy atom. The molecular formula is C20H21FO. The maximum Gasteiger partial charge on any atom is 0.131 e. The maximum absolute atomic E-state index is 14.9. The lowest BCUT2D eigenvalue weighted by Crippen LogP contribution is -2.34. The molecule has 0 spiro atoms. The van der Waals surface area contributed by atoms with Crippen LogP contribution in [-0.4, -0.2) is 7.11 Å². The highest BCUT2D eigenvalue weighted by atomic mass is 19.1. The first kappa shape index (κ1) is 13.8. The lowest BCUT2D eigenvalue weighted by atomic mass is 9.66. The van der Waals surface area contributed by atoms with Gasteiger partial charge in [0.1, 0.15) is 11.6 Å². The van der Waals surface area contributed by atoms with Crippen molar-refractivity contribution in [1.82, 2.24) is 0 Å². The lowest BCUT2D eigenvalue weighted by molar-refractivity contribution is 0.367. The standard InChI is InChI=1S/C20H21FO/c1-22-17-11-12-18(19(21)13-17)20(14-5-3-2-4-6-14)15-7-8-16(20)10-9-15/h2-6,11-13,15-16H,7-10H2,1H3. The summed E-state index contributed by atoms with van der Waals surface area (Å²) in [6.45, 7) is 0. The Morgan fingerprint density at radius 2 is 1.59 bits per heavy atom. The van der Waals surface area contributed by atoms with E-state index in [1.165, 1.54) is 37.3 Å². The molecule has 0 aliphatic heterocycles. The smallest absolute Gasteiger partial charge is 0.131 e. The Hall–Kier alpha value is -1.83. The average Bonchev–Trinajstić information content (AvgIpc) is 3.11. The van der Waals surface area contributed by atoms with Crippen LogP contribution in [-0.2, 0) is 5.41 Å². The predicted molar refractivity (Wildman–Crippen MR) is 85.6 cm³/mol. The monoisotopic (exact) mass is 296 g/mol. The van der Waals surface area contributed by atoms with E-state index >= 15 is 0 Å². The Bertz CT molecular complexity index is 659. The molecule has 0 heterocycles. The molecule has 2 aliphatic rings. The molecule has 0 atom stereocenters. The maximum atomic E-state index is 14.9. The third-order valence-corrected chi connectivity index (χ3v) is 5.89. The van der Waals surface area contributed by atoms with Crippen LogP contribution in [0.3, 0.4) is 0 Å². The van der Waals surface area contributed by atoms with Crippen molar-refractivity contribution in [3.8, 4) is 5.75 Å². The van der Waals surface area contributed by atoms with Crippen molar-refractivity contribution in [1.29, 1.82) is 0 Å². The molecule has 2 aromatic carbocycles. The van der Waals surface area contributed by atoms with E-state index in [2.05, 4.69) is 24.3 Å². The van der Waals surface area contributed by atoms with Crippen LogP contribution in [0.4, 0.5) is 4.39 Å². The Kier molecular flexibility index (Phi) is 3.21. The first-order valence-corrected chi connectivity index (χ1v) is 8.16. The molecule has 0 saturated heterocycles. The molecule has 22 heavy (non-hydrogen) atoms. The zero-order valence-electron chi connectivity index (χ0n) is 12.9. The Morgan fingerprint density at radius 3 is 2.14 bits per heavy atom. The molecule has 4 rings (SSSR count). The fourth-order valence-electron chi connectivity index (χ4n) is 5.08. The fourth-order valence-corrected chi connectivity index (χ4v) is 5.08. The number of methoxy groups -OCH3 is 1. The van der Waals surface area contributed by atoms with Gasteiger partial charge in [-0.05, 0) is 54.7 Å². The zero-order valence-corrected chi connectivity index (χ0v) is 12.9. The molecule has 2 saturated carbocycles. The van der Waals surface area contributed by atoms with Crippen molar-refractivity contribution < 1.29 is 9.13 Å². The van der Waals surface area contributed by atoms with E-state index in [1.54, 1.807) is 7.11 Å². The molecule has 1 nitrogen and oxygen atoms in total. The summed E-state index contributed by atoms with van der Waals surface area (Å²) in [5.74, 6) is 1.59. The minimum absolute atomic E-state index is 0.123. The number of ether oxygens (including phenoxy) is 1. The van der Waals surface area contributed by atoms with E-state index in [0.29, 0.717) is 17.6 Å². The van der Waals surface area contributed by atoms with E-state index in [0.717, 1.165) is 5.56 Å². The first-order chi connectivity index (χ1) is 10.8. The highest BCUT2D eigenvalue weighted by Crippen LogP contribution is 2.62. The highest BCUT2D eigenvalue weighted by molar-refractivity contribution is 5.46. The normalized spacial score (nSPS) is 29.7. The first-order valence-electron chi connectivity index (χ1n) is 8.16. The summed E-state index contributed by atoms with van der Waals surface area (Å²) in [6.07, 6.45) is 4.85. The quantitative estimate of drug-likeness (QED) is 0.779. The van der Waals surface area contributed by atoms with Gasteiger partial charge in [0.2, 0.25) is 0 Å². The zero-order chi connectivity index (χ0) is 15.2. The van der Waals surface area contributed by atoms with E-state index in [-0.39, 0.29) is 11.2 Å². The molecule has 0 N–H and O–H groups in total. The van der Waals surface area contributed by atoms with E-state index in [4.69, 9.17) is 4.74 Å². The van der Waals surface area contributed by atoms with Crippen LogP contribution in [0.15, 0.2) is 48.5 Å². The van der Waals surface area contributed by atoms with Crippen LogP contribution in [0.25, 0.3) is 0 Å². The second-order valence-electron chi connectivity index (χ2n) is 6.63. The van der Waals surface area contributed by atoms with Crippen LogP contribution in [0, 0.1) is 17.7 Å². The fraction of sp³-hybridized carbons (Fsp3) is 0.400. The summed E-state index contributed by atoms with van der Waals surface area (Å²) in [7, 11) is 1.58. The van der Waals surface area contributed by atoms with Gasteiger partial charge in [-0.3, -0.25) is 0 Å². The van der Waals surface area contributed by atoms with Gasteiger partial charge in [0.05, 0.1) is 7.11 Å². The Labute approximate surface area is 131 Å². The topological polar surface area (TPSA) is 9.23 Å². The molecule has 2 heteroatoms. The van der Waals surface area contributed by atoms with Crippen LogP contribution in [0.2, 0.25) is 0 Å². The molecular weight excluding hydrogens is 275 g/mol. The minimum Gasteiger partial charge on any atom is -0.497 e. The van der Waals surface area contributed by atoms with Crippen molar-refractivity contribution in [2.24, 2.45) is 11.8 Å². The number of fused-ring (bicyclic) bond motifs is 2. The van der Waals surface area contributed by atoms with Gasteiger partial charge in [-0.2, -0.15) is 0 Å². The average molecular weight is 296 g/mol. The van der Waals surface area contributed by atoms with Crippen LogP contribution >= 0.6 is 0 Å². The van der Waals surface area contributed by atoms with Gasteiger partial charge >= 0.3 is 0 Å². The van der Waals surface area contributed by atoms with Crippen molar-refractivity contribution in [3.05, 3.63) is 65.5 Å². The molecule has 2 bridgehead atoms. The third-order valence-electron chi connectivity index (χ3n) is 5.89. The summed E-state index contributed by atoms with van der Waals surface area (Å²) in [5.41, 5.74) is 2.01. The van der Waals surface area contributed by atoms with Crippen molar-refractivity contribution in [2.45, 2.75) is 31.1 Å². The molecule has 0 unspecified atom stereocenters. The van der Waals surface area contributed by atoms with E-state index in [9.17, 15) is 4.39 Å². The molecule has 114 valence electrons. The van der Waals surface area contributed by atoms with E-state index < -0.39 is 0 Å². The van der Waals surface area contributed by atoms with Gasteiger partial charge in [-0.15, -0.1) is 0 Å². The second kappa shape index (κ2) is 5.12. The summed E-state index contributed by atoms with van der Waals surface area (Å²) in [5, 5.41) is 0. The summed E-state index contributed by atoms with van der Waals surface area (Å²) in [4.78, 5) is 0. The lowest BCUT2D eigenvalue weighted by Gasteiger charge is -2.36. The SMILES string of the molecule is COc1ccc(C2(c3ccccc3)C3CCC2CC3)c(F)c1. The number of benzene rings is 2. The third kappa shape index (κ3) is 1.76. The van der Waals surface area contributed by atoms with Crippen LogP contribution in [0.5, 0.6) is 5.75 Å². The minimum atomic E-state index is -0.141. The highest BCUT2D eigenvalue weighted by Gasteiger charge is 2.56. The molecule has 0 amide bonds. The molecule has 2 fully saturated rings.